The molecule has 282 valence electrons. The van der Waals surface area contributed by atoms with Crippen molar-refractivity contribution in [2.24, 2.45) is 0 Å². The van der Waals surface area contributed by atoms with Gasteiger partial charge >= 0.3 is 0 Å². The molecule has 0 N–H and O–H groups in total. The van der Waals surface area contributed by atoms with Gasteiger partial charge in [0.2, 0.25) is 0 Å². The fourth-order valence-electron chi connectivity index (χ4n) is 9.96. The topological polar surface area (TPSA) is 6.48 Å². The molecule has 0 unspecified atom stereocenters. The minimum absolute atomic E-state index is 1.06. The fraction of sp³-hybridized carbons (Fsp3) is 0.0345. The molecule has 0 saturated carbocycles. The molecular formula is C58H40N2. The fourth-order valence-corrected chi connectivity index (χ4v) is 9.96. The number of benzene rings is 11. The molecule has 0 spiro atoms. The maximum Gasteiger partial charge on any atom is 0.0546 e. The second-order valence-electron chi connectivity index (χ2n) is 15.9. The molecule has 0 amide bonds. The van der Waals surface area contributed by atoms with Crippen LogP contribution in [0, 0.1) is 0 Å². The van der Waals surface area contributed by atoms with Crippen molar-refractivity contribution in [1.82, 2.24) is 0 Å². The summed E-state index contributed by atoms with van der Waals surface area (Å²) in [7, 11) is 0. The van der Waals surface area contributed by atoms with Gasteiger partial charge < -0.3 is 9.80 Å². The predicted octanol–water partition coefficient (Wildman–Crippen LogP) is 16.5. The van der Waals surface area contributed by atoms with Gasteiger partial charge in [-0.15, -0.1) is 0 Å². The van der Waals surface area contributed by atoms with E-state index in [2.05, 4.69) is 228 Å². The van der Waals surface area contributed by atoms with E-state index in [9.17, 15) is 0 Å². The van der Waals surface area contributed by atoms with Crippen LogP contribution >= 0.6 is 0 Å². The van der Waals surface area contributed by atoms with Crippen LogP contribution < -0.4 is 9.80 Å². The standard InChI is InChI=1S/C58H40N2/c1-3-21-41(22-4-1)59(55-35-39-19-7-9-25-43(39)45-27-11-15-31-49(45)55)57-37-53-48-30-14-18-34-52(48)58(38-54(53)47-29-13-17-33-51(47)57)60(42-23-5-2-6-24-42)56-36-40-20-8-10-26-44(40)46-28-12-16-32-50(46)56/h1-9,11-25,27-38H,10,26H2. The molecule has 0 aliphatic heterocycles. The Morgan fingerprint density at radius 3 is 1.22 bits per heavy atom. The number of anilines is 6. The Kier molecular flexibility index (Phi) is 8.02. The molecule has 1 aliphatic rings. The highest BCUT2D eigenvalue weighted by Gasteiger charge is 2.25. The second-order valence-corrected chi connectivity index (χ2v) is 15.9. The van der Waals surface area contributed by atoms with Crippen LogP contribution in [0.3, 0.4) is 0 Å². The number of aryl methyl sites for hydroxylation is 1. The van der Waals surface area contributed by atoms with Gasteiger partial charge in [0.1, 0.15) is 0 Å². The van der Waals surface area contributed by atoms with Gasteiger partial charge in [-0.25, -0.2) is 0 Å². The zero-order valence-corrected chi connectivity index (χ0v) is 33.1. The first-order valence-electron chi connectivity index (χ1n) is 21.0. The highest BCUT2D eigenvalue weighted by molar-refractivity contribution is 6.26. The third-order valence-corrected chi connectivity index (χ3v) is 12.6. The minimum Gasteiger partial charge on any atom is -0.309 e. The van der Waals surface area contributed by atoms with E-state index in [4.69, 9.17) is 0 Å². The quantitative estimate of drug-likeness (QED) is 0.156. The van der Waals surface area contributed by atoms with E-state index in [1.807, 2.05) is 0 Å². The molecule has 1 aliphatic carbocycles. The van der Waals surface area contributed by atoms with Crippen molar-refractivity contribution in [2.45, 2.75) is 12.8 Å². The van der Waals surface area contributed by atoms with Gasteiger partial charge in [-0.05, 0) is 116 Å². The smallest absolute Gasteiger partial charge is 0.0546 e. The third-order valence-electron chi connectivity index (χ3n) is 12.6. The Hall–Kier alpha value is -7.68. The average Bonchev–Trinajstić information content (AvgIpc) is 3.32. The van der Waals surface area contributed by atoms with Crippen molar-refractivity contribution in [3.8, 4) is 0 Å². The summed E-state index contributed by atoms with van der Waals surface area (Å²) < 4.78 is 0. The molecule has 11 aromatic carbocycles. The molecular weight excluding hydrogens is 725 g/mol. The first-order valence-corrected chi connectivity index (χ1v) is 21.0. The average molecular weight is 765 g/mol. The molecule has 0 heterocycles. The molecule has 0 atom stereocenters. The Morgan fingerprint density at radius 2 is 0.683 bits per heavy atom. The van der Waals surface area contributed by atoms with Crippen LogP contribution in [-0.4, -0.2) is 0 Å². The van der Waals surface area contributed by atoms with Crippen molar-refractivity contribution in [1.29, 1.82) is 0 Å². The lowest BCUT2D eigenvalue weighted by Gasteiger charge is -2.31. The number of hydrogen-bond acceptors (Lipinski definition) is 2. The van der Waals surface area contributed by atoms with Gasteiger partial charge in [-0.1, -0.05) is 170 Å². The van der Waals surface area contributed by atoms with Crippen LogP contribution in [0.25, 0.3) is 70.7 Å². The maximum atomic E-state index is 2.51. The number of nitrogens with zero attached hydrogens (tertiary/aromatic N) is 2. The summed E-state index contributed by atoms with van der Waals surface area (Å²) in [4.78, 5) is 5.00. The Morgan fingerprint density at radius 1 is 0.300 bits per heavy atom. The molecule has 2 nitrogen and oxygen atoms in total. The molecule has 0 fully saturated rings. The van der Waals surface area contributed by atoms with E-state index in [-0.39, 0.29) is 0 Å². The summed E-state index contributed by atoms with van der Waals surface area (Å²) in [5, 5.41) is 14.8. The normalized spacial score (nSPS) is 12.5. The highest BCUT2D eigenvalue weighted by atomic mass is 15.2. The van der Waals surface area contributed by atoms with E-state index >= 15 is 0 Å². The zero-order chi connectivity index (χ0) is 39.6. The van der Waals surface area contributed by atoms with Crippen LogP contribution in [-0.2, 0) is 6.42 Å². The van der Waals surface area contributed by atoms with Gasteiger partial charge in [-0.2, -0.15) is 0 Å². The van der Waals surface area contributed by atoms with Gasteiger partial charge in [0.15, 0.2) is 0 Å². The largest absolute Gasteiger partial charge is 0.309 e. The van der Waals surface area contributed by atoms with Crippen molar-refractivity contribution < 1.29 is 0 Å². The third kappa shape index (κ3) is 5.42. The van der Waals surface area contributed by atoms with E-state index in [1.54, 1.807) is 0 Å². The Labute approximate surface area is 349 Å². The van der Waals surface area contributed by atoms with Gasteiger partial charge in [-0.3, -0.25) is 0 Å². The van der Waals surface area contributed by atoms with Gasteiger partial charge in [0.25, 0.3) is 0 Å². The van der Waals surface area contributed by atoms with Crippen molar-refractivity contribution >= 4 is 105 Å². The summed E-state index contributed by atoms with van der Waals surface area (Å²) in [6.45, 7) is 0. The summed E-state index contributed by atoms with van der Waals surface area (Å²) in [6, 6.07) is 76.1. The maximum absolute atomic E-state index is 2.51. The van der Waals surface area contributed by atoms with Crippen LogP contribution in [0.4, 0.5) is 34.1 Å². The number of rotatable bonds is 6. The van der Waals surface area contributed by atoms with E-state index in [0.717, 1.165) is 41.3 Å². The number of hydrogen-bond donors (Lipinski definition) is 0. The number of fused-ring (bicyclic) bond motifs is 11. The second kappa shape index (κ2) is 14.0. The van der Waals surface area contributed by atoms with Crippen LogP contribution in [0.5, 0.6) is 0 Å². The first-order chi connectivity index (χ1) is 29.8. The monoisotopic (exact) mass is 764 g/mol. The molecule has 11 aromatic rings. The van der Waals surface area contributed by atoms with E-state index < -0.39 is 0 Å². The molecule has 12 rings (SSSR count). The van der Waals surface area contributed by atoms with Crippen LogP contribution in [0.15, 0.2) is 212 Å². The SMILES string of the molecule is C1=Cc2cc(N(c3ccccc3)c3cc4c5ccccc5c(N(c5ccccc5)c5cc6ccccc6c6ccccc56)cc4c4ccccc34)c3ccccc3c2CC1. The molecule has 0 radical (unpaired) electrons. The van der Waals surface area contributed by atoms with Crippen LogP contribution in [0.2, 0.25) is 0 Å². The van der Waals surface area contributed by atoms with Gasteiger partial charge in [0, 0.05) is 32.9 Å². The molecule has 60 heavy (non-hydrogen) atoms. The first kappa shape index (κ1) is 34.4. The minimum atomic E-state index is 1.06. The lowest BCUT2D eigenvalue weighted by Crippen LogP contribution is -2.13. The lowest BCUT2D eigenvalue weighted by molar-refractivity contribution is 0.997. The molecule has 0 bridgehead atoms. The van der Waals surface area contributed by atoms with Crippen molar-refractivity contribution in [3.63, 3.8) is 0 Å². The van der Waals surface area contributed by atoms with Crippen LogP contribution in [0.1, 0.15) is 17.5 Å². The lowest BCUT2D eigenvalue weighted by atomic mass is 9.89. The molecule has 2 heteroatoms. The zero-order valence-electron chi connectivity index (χ0n) is 33.1. The molecule has 0 aromatic heterocycles. The predicted molar refractivity (Wildman–Crippen MR) is 258 cm³/mol. The number of para-hydroxylation sites is 2. The summed E-state index contributed by atoms with van der Waals surface area (Å²) in [5.74, 6) is 0. The van der Waals surface area contributed by atoms with Crippen molar-refractivity contribution in [3.05, 3.63) is 223 Å². The van der Waals surface area contributed by atoms with E-state index in [0.29, 0.717) is 0 Å². The van der Waals surface area contributed by atoms with Crippen molar-refractivity contribution in [2.75, 3.05) is 9.80 Å². The van der Waals surface area contributed by atoms with Gasteiger partial charge in [0.05, 0.1) is 22.7 Å². The number of allylic oxidation sites excluding steroid dienone is 1. The molecule has 0 saturated heterocycles. The Balaban J connectivity index is 1.18. The summed E-state index contributed by atoms with van der Waals surface area (Å²) in [5.41, 5.74) is 9.64. The Bertz CT molecular complexity index is 3490. The summed E-state index contributed by atoms with van der Waals surface area (Å²) in [6.07, 6.45) is 6.77. The van der Waals surface area contributed by atoms with E-state index in [1.165, 1.54) is 81.4 Å². The summed E-state index contributed by atoms with van der Waals surface area (Å²) >= 11 is 0. The highest BCUT2D eigenvalue weighted by Crippen LogP contribution is 2.50.